The van der Waals surface area contributed by atoms with Gasteiger partial charge in [-0.2, -0.15) is 0 Å². The van der Waals surface area contributed by atoms with Gasteiger partial charge in [0, 0.05) is 57.1 Å². The normalized spacial score (nSPS) is 15.3. The fourth-order valence-corrected chi connectivity index (χ4v) is 3.36. The van der Waals surface area contributed by atoms with Gasteiger partial charge in [0.25, 0.3) is 11.8 Å². The molecule has 0 bridgehead atoms. The molecule has 0 spiro atoms. The average molecular weight is 380 g/mol. The molecule has 1 unspecified atom stereocenters. The van der Waals surface area contributed by atoms with Crippen LogP contribution in [-0.4, -0.2) is 59.7 Å². The highest BCUT2D eigenvalue weighted by molar-refractivity contribution is 5.99. The monoisotopic (exact) mass is 380 g/mol. The first kappa shape index (κ1) is 19.5. The topological polar surface area (TPSA) is 82.6 Å². The molecule has 146 valence electrons. The summed E-state index contributed by atoms with van der Waals surface area (Å²) in [6.45, 7) is 0.864. The number of hydrogen-bond acceptors (Lipinski definition) is 4. The standard InChI is InChI=1S/C21H24N4O3/c1-24(20(27)15-9-11-22-12-10-15)13-5-8-19(26)23-14-18-16-6-3-4-7-17(16)21(28)25(18)2/h3-4,6-7,9-12,18H,5,8,13-14H2,1-2H3,(H,23,26). The lowest BCUT2D eigenvalue weighted by atomic mass is 10.0. The number of fused-ring (bicyclic) bond motifs is 1. The second-order valence-corrected chi connectivity index (χ2v) is 6.89. The van der Waals surface area contributed by atoms with Gasteiger partial charge in [-0.15, -0.1) is 0 Å². The summed E-state index contributed by atoms with van der Waals surface area (Å²) < 4.78 is 0. The third-order valence-electron chi connectivity index (χ3n) is 5.00. The Balaban J connectivity index is 1.44. The molecule has 28 heavy (non-hydrogen) atoms. The maximum Gasteiger partial charge on any atom is 0.254 e. The maximum atomic E-state index is 12.3. The quantitative estimate of drug-likeness (QED) is 0.795. The number of pyridine rings is 1. The van der Waals surface area contributed by atoms with Crippen LogP contribution in [-0.2, 0) is 4.79 Å². The zero-order valence-corrected chi connectivity index (χ0v) is 16.1. The van der Waals surface area contributed by atoms with Crippen molar-refractivity contribution in [2.45, 2.75) is 18.9 Å². The Labute approximate surface area is 164 Å². The minimum absolute atomic E-state index is 0.0221. The fourth-order valence-electron chi connectivity index (χ4n) is 3.36. The predicted molar refractivity (Wildman–Crippen MR) is 105 cm³/mol. The molecule has 1 aromatic heterocycles. The van der Waals surface area contributed by atoms with Gasteiger partial charge in [0.1, 0.15) is 0 Å². The number of rotatable bonds is 7. The van der Waals surface area contributed by atoms with Crippen LogP contribution in [0.25, 0.3) is 0 Å². The minimum atomic E-state index is -0.149. The Morgan fingerprint density at radius 2 is 1.89 bits per heavy atom. The van der Waals surface area contributed by atoms with Gasteiger partial charge in [-0.05, 0) is 30.2 Å². The third-order valence-corrected chi connectivity index (χ3v) is 5.00. The Bertz CT molecular complexity index is 869. The van der Waals surface area contributed by atoms with E-state index < -0.39 is 0 Å². The summed E-state index contributed by atoms with van der Waals surface area (Å²) in [4.78, 5) is 43.9. The molecular formula is C21H24N4O3. The van der Waals surface area contributed by atoms with E-state index in [1.807, 2.05) is 24.3 Å². The molecule has 0 aliphatic carbocycles. The van der Waals surface area contributed by atoms with Crippen molar-refractivity contribution in [2.75, 3.05) is 27.2 Å². The summed E-state index contributed by atoms with van der Waals surface area (Å²) in [6, 6.07) is 10.7. The molecule has 7 nitrogen and oxygen atoms in total. The van der Waals surface area contributed by atoms with E-state index in [1.165, 1.54) is 0 Å². The molecule has 3 rings (SSSR count). The third kappa shape index (κ3) is 4.19. The highest BCUT2D eigenvalue weighted by Gasteiger charge is 2.33. The second-order valence-electron chi connectivity index (χ2n) is 6.89. The highest BCUT2D eigenvalue weighted by atomic mass is 16.2. The Hall–Kier alpha value is -3.22. The van der Waals surface area contributed by atoms with Crippen molar-refractivity contribution in [3.05, 3.63) is 65.5 Å². The van der Waals surface area contributed by atoms with Crippen molar-refractivity contribution in [2.24, 2.45) is 0 Å². The van der Waals surface area contributed by atoms with Crippen LogP contribution in [0, 0.1) is 0 Å². The Morgan fingerprint density at radius 3 is 2.64 bits per heavy atom. The van der Waals surface area contributed by atoms with Crippen LogP contribution in [0.3, 0.4) is 0 Å². The van der Waals surface area contributed by atoms with Crippen LogP contribution in [0.15, 0.2) is 48.8 Å². The molecule has 1 N–H and O–H groups in total. The van der Waals surface area contributed by atoms with Gasteiger partial charge < -0.3 is 15.1 Å². The molecule has 0 radical (unpaired) electrons. The van der Waals surface area contributed by atoms with Gasteiger partial charge in [0.15, 0.2) is 0 Å². The number of aromatic nitrogens is 1. The van der Waals surface area contributed by atoms with Crippen LogP contribution in [0.1, 0.15) is 45.2 Å². The van der Waals surface area contributed by atoms with Crippen molar-refractivity contribution in [3.8, 4) is 0 Å². The molecule has 2 aromatic rings. The molecule has 1 aromatic carbocycles. The summed E-state index contributed by atoms with van der Waals surface area (Å²) in [5.74, 6) is -0.202. The number of carbonyl (C=O) groups excluding carboxylic acids is 3. The maximum absolute atomic E-state index is 12.3. The van der Waals surface area contributed by atoms with Gasteiger partial charge in [-0.3, -0.25) is 19.4 Å². The molecule has 0 saturated heterocycles. The number of carbonyl (C=O) groups is 3. The van der Waals surface area contributed by atoms with Gasteiger partial charge in [0.2, 0.25) is 5.91 Å². The van der Waals surface area contributed by atoms with E-state index in [0.29, 0.717) is 37.1 Å². The van der Waals surface area contributed by atoms with Gasteiger partial charge >= 0.3 is 0 Å². The molecular weight excluding hydrogens is 356 g/mol. The Morgan fingerprint density at radius 1 is 1.18 bits per heavy atom. The van der Waals surface area contributed by atoms with Gasteiger partial charge in [-0.25, -0.2) is 0 Å². The number of likely N-dealkylation sites (N-methyl/N-ethyl adjacent to an activating group) is 1. The average Bonchev–Trinajstić information content (AvgIpc) is 2.97. The number of hydrogen-bond donors (Lipinski definition) is 1. The lowest BCUT2D eigenvalue weighted by Crippen LogP contribution is -2.35. The first-order valence-corrected chi connectivity index (χ1v) is 9.27. The first-order chi connectivity index (χ1) is 13.5. The van der Waals surface area contributed by atoms with E-state index in [0.717, 1.165) is 5.56 Å². The molecule has 7 heteroatoms. The summed E-state index contributed by atoms with van der Waals surface area (Å²) in [5.41, 5.74) is 2.22. The molecule has 1 atom stereocenters. The Kier molecular flexibility index (Phi) is 6.03. The molecule has 2 heterocycles. The van der Waals surface area contributed by atoms with Gasteiger partial charge in [0.05, 0.1) is 6.04 Å². The lowest BCUT2D eigenvalue weighted by Gasteiger charge is -2.21. The lowest BCUT2D eigenvalue weighted by molar-refractivity contribution is -0.121. The first-order valence-electron chi connectivity index (χ1n) is 9.27. The summed E-state index contributed by atoms with van der Waals surface area (Å²) in [5, 5.41) is 2.91. The van der Waals surface area contributed by atoms with Gasteiger partial charge in [-0.1, -0.05) is 18.2 Å². The van der Waals surface area contributed by atoms with E-state index in [9.17, 15) is 14.4 Å². The van der Waals surface area contributed by atoms with E-state index in [-0.39, 0.29) is 23.8 Å². The molecule has 1 aliphatic rings. The zero-order valence-electron chi connectivity index (χ0n) is 16.1. The number of amides is 3. The molecule has 3 amide bonds. The van der Waals surface area contributed by atoms with E-state index in [4.69, 9.17) is 0 Å². The summed E-state index contributed by atoms with van der Waals surface area (Å²) >= 11 is 0. The van der Waals surface area contributed by atoms with Crippen LogP contribution in [0.4, 0.5) is 0 Å². The highest BCUT2D eigenvalue weighted by Crippen LogP contribution is 2.31. The number of nitrogens with one attached hydrogen (secondary N) is 1. The SMILES string of the molecule is CN(CCCC(=O)NCC1c2ccccc2C(=O)N1C)C(=O)c1ccncc1. The van der Waals surface area contributed by atoms with Crippen molar-refractivity contribution < 1.29 is 14.4 Å². The van der Waals surface area contributed by atoms with E-state index in [1.54, 1.807) is 48.4 Å². The smallest absolute Gasteiger partial charge is 0.254 e. The van der Waals surface area contributed by atoms with Crippen LogP contribution < -0.4 is 5.32 Å². The molecule has 1 aliphatic heterocycles. The predicted octanol–water partition coefficient (Wildman–Crippen LogP) is 1.88. The second kappa shape index (κ2) is 8.65. The van der Waals surface area contributed by atoms with E-state index >= 15 is 0 Å². The summed E-state index contributed by atoms with van der Waals surface area (Å²) in [7, 11) is 3.47. The number of benzene rings is 1. The fraction of sp³-hybridized carbons (Fsp3) is 0.333. The van der Waals surface area contributed by atoms with Crippen molar-refractivity contribution in [3.63, 3.8) is 0 Å². The molecule has 0 saturated carbocycles. The largest absolute Gasteiger partial charge is 0.354 e. The van der Waals surface area contributed by atoms with Crippen LogP contribution in [0.2, 0.25) is 0 Å². The van der Waals surface area contributed by atoms with Crippen LogP contribution in [0.5, 0.6) is 0 Å². The van der Waals surface area contributed by atoms with Crippen molar-refractivity contribution in [1.82, 2.24) is 20.1 Å². The molecule has 0 fully saturated rings. The van der Waals surface area contributed by atoms with E-state index in [2.05, 4.69) is 10.3 Å². The van der Waals surface area contributed by atoms with Crippen molar-refractivity contribution >= 4 is 17.7 Å². The zero-order chi connectivity index (χ0) is 20.1. The number of nitrogens with zero attached hydrogens (tertiary/aromatic N) is 3. The minimum Gasteiger partial charge on any atom is -0.354 e. The summed E-state index contributed by atoms with van der Waals surface area (Å²) in [6.07, 6.45) is 4.05. The van der Waals surface area contributed by atoms with Crippen LogP contribution >= 0.6 is 0 Å². The van der Waals surface area contributed by atoms with Crippen molar-refractivity contribution in [1.29, 1.82) is 0 Å².